The Labute approximate surface area is 112 Å². The normalized spacial score (nSPS) is 20.2. The van der Waals surface area contributed by atoms with Gasteiger partial charge in [-0.3, -0.25) is 0 Å². The van der Waals surface area contributed by atoms with E-state index in [1.807, 2.05) is 11.8 Å². The zero-order valence-corrected chi connectivity index (χ0v) is 11.3. The van der Waals surface area contributed by atoms with Gasteiger partial charge < -0.3 is 15.3 Å². The fourth-order valence-electron chi connectivity index (χ4n) is 2.45. The van der Waals surface area contributed by atoms with E-state index in [1.54, 1.807) is 0 Å². The summed E-state index contributed by atoms with van der Waals surface area (Å²) in [5.74, 6) is 0.300. The Bertz CT molecular complexity index is 416. The maximum atomic E-state index is 14.0. The number of aromatic nitrogens is 2. The third kappa shape index (κ3) is 3.32. The van der Waals surface area contributed by atoms with E-state index in [-0.39, 0.29) is 12.6 Å². The van der Waals surface area contributed by atoms with Crippen LogP contribution < -0.4 is 10.2 Å². The van der Waals surface area contributed by atoms with Crippen molar-refractivity contribution in [3.05, 3.63) is 12.0 Å². The van der Waals surface area contributed by atoms with Crippen LogP contribution in [0.15, 0.2) is 6.20 Å². The molecule has 6 heteroatoms. The number of rotatable bonds is 4. The number of hydrogen-bond donors (Lipinski definition) is 2. The van der Waals surface area contributed by atoms with Crippen LogP contribution in [0.3, 0.4) is 0 Å². The predicted octanol–water partition coefficient (Wildman–Crippen LogP) is 1.79. The summed E-state index contributed by atoms with van der Waals surface area (Å²) in [5, 5.41) is 12.5. The first-order chi connectivity index (χ1) is 9.26. The van der Waals surface area contributed by atoms with E-state index in [0.717, 1.165) is 32.2 Å². The molecule has 1 saturated heterocycles. The number of aliphatic hydroxyl groups is 1. The molecule has 0 bridgehead atoms. The van der Waals surface area contributed by atoms with Crippen LogP contribution in [0.1, 0.15) is 32.6 Å². The molecule has 1 aliphatic heterocycles. The third-order valence-corrected chi connectivity index (χ3v) is 3.42. The summed E-state index contributed by atoms with van der Waals surface area (Å²) >= 11 is 0. The number of halogens is 1. The average molecular weight is 268 g/mol. The van der Waals surface area contributed by atoms with Crippen molar-refractivity contribution in [3.63, 3.8) is 0 Å². The highest BCUT2D eigenvalue weighted by molar-refractivity contribution is 5.45. The van der Waals surface area contributed by atoms with Crippen LogP contribution in [0, 0.1) is 5.82 Å². The fourth-order valence-corrected chi connectivity index (χ4v) is 2.45. The van der Waals surface area contributed by atoms with E-state index in [2.05, 4.69) is 15.3 Å². The first kappa shape index (κ1) is 14.0. The number of aliphatic hydroxyl groups excluding tert-OH is 1. The van der Waals surface area contributed by atoms with E-state index < -0.39 is 5.82 Å². The maximum Gasteiger partial charge on any atom is 0.224 e. The Balaban J connectivity index is 2.28. The molecular formula is C13H21FN4O. The Hall–Kier alpha value is -1.43. The van der Waals surface area contributed by atoms with Crippen LogP contribution in [0.2, 0.25) is 0 Å². The standard InChI is InChI=1S/C13H21FN4O/c1-2-15-13-16-8-11(14)12(17-13)18-7-5-3-4-6-10(18)9-19/h8,10,19H,2-7,9H2,1H3,(H,15,16,17). The lowest BCUT2D eigenvalue weighted by Crippen LogP contribution is -2.39. The lowest BCUT2D eigenvalue weighted by molar-refractivity contribution is 0.254. The van der Waals surface area contributed by atoms with Gasteiger partial charge in [0.05, 0.1) is 18.8 Å². The molecule has 1 aromatic heterocycles. The number of hydrogen-bond acceptors (Lipinski definition) is 5. The molecule has 1 unspecified atom stereocenters. The highest BCUT2D eigenvalue weighted by atomic mass is 19.1. The third-order valence-electron chi connectivity index (χ3n) is 3.42. The lowest BCUT2D eigenvalue weighted by Gasteiger charge is -2.30. The largest absolute Gasteiger partial charge is 0.394 e. The van der Waals surface area contributed by atoms with Gasteiger partial charge in [-0.2, -0.15) is 4.98 Å². The summed E-state index contributed by atoms with van der Waals surface area (Å²) in [6, 6.07) is -0.0543. The number of anilines is 2. The van der Waals surface area contributed by atoms with Crippen molar-refractivity contribution in [1.82, 2.24) is 9.97 Å². The number of nitrogens with one attached hydrogen (secondary N) is 1. The molecule has 1 aromatic rings. The molecule has 19 heavy (non-hydrogen) atoms. The van der Waals surface area contributed by atoms with Gasteiger partial charge in [0.1, 0.15) is 0 Å². The van der Waals surface area contributed by atoms with Crippen LogP contribution in [-0.2, 0) is 0 Å². The highest BCUT2D eigenvalue weighted by Gasteiger charge is 2.24. The summed E-state index contributed by atoms with van der Waals surface area (Å²) < 4.78 is 14.0. The molecule has 0 amide bonds. The molecule has 2 N–H and O–H groups in total. The molecule has 0 radical (unpaired) electrons. The van der Waals surface area contributed by atoms with Crippen LogP contribution in [0.25, 0.3) is 0 Å². The van der Waals surface area contributed by atoms with Gasteiger partial charge in [0.25, 0.3) is 0 Å². The maximum absolute atomic E-state index is 14.0. The first-order valence-corrected chi connectivity index (χ1v) is 6.90. The van der Waals surface area contributed by atoms with Crippen molar-refractivity contribution in [2.75, 3.05) is 29.9 Å². The molecular weight excluding hydrogens is 247 g/mol. The van der Waals surface area contributed by atoms with Gasteiger partial charge in [-0.25, -0.2) is 9.37 Å². The van der Waals surface area contributed by atoms with Crippen molar-refractivity contribution >= 4 is 11.8 Å². The number of nitrogens with zero attached hydrogens (tertiary/aromatic N) is 3. The topological polar surface area (TPSA) is 61.3 Å². The Morgan fingerprint density at radius 2 is 2.32 bits per heavy atom. The summed E-state index contributed by atoms with van der Waals surface area (Å²) in [4.78, 5) is 10.0. The smallest absolute Gasteiger partial charge is 0.224 e. The van der Waals surface area contributed by atoms with Gasteiger partial charge in [-0.05, 0) is 19.8 Å². The highest BCUT2D eigenvalue weighted by Crippen LogP contribution is 2.25. The minimum Gasteiger partial charge on any atom is -0.394 e. The van der Waals surface area contributed by atoms with Crippen molar-refractivity contribution in [3.8, 4) is 0 Å². The molecule has 106 valence electrons. The first-order valence-electron chi connectivity index (χ1n) is 6.90. The summed E-state index contributed by atoms with van der Waals surface area (Å²) in [7, 11) is 0. The summed E-state index contributed by atoms with van der Waals surface area (Å²) in [6.07, 6.45) is 5.24. The molecule has 0 spiro atoms. The van der Waals surface area contributed by atoms with E-state index in [9.17, 15) is 9.50 Å². The lowest BCUT2D eigenvalue weighted by atomic mass is 10.1. The van der Waals surface area contributed by atoms with Crippen LogP contribution in [-0.4, -0.2) is 40.8 Å². The summed E-state index contributed by atoms with van der Waals surface area (Å²) in [5.41, 5.74) is 0. The van der Waals surface area contributed by atoms with Gasteiger partial charge in [0, 0.05) is 13.1 Å². The van der Waals surface area contributed by atoms with E-state index in [0.29, 0.717) is 18.3 Å². The second kappa shape index (κ2) is 6.65. The zero-order valence-electron chi connectivity index (χ0n) is 11.3. The van der Waals surface area contributed by atoms with E-state index in [4.69, 9.17) is 0 Å². The molecule has 5 nitrogen and oxygen atoms in total. The zero-order chi connectivity index (χ0) is 13.7. The van der Waals surface area contributed by atoms with Crippen molar-refractivity contribution in [1.29, 1.82) is 0 Å². The van der Waals surface area contributed by atoms with Gasteiger partial charge in [-0.1, -0.05) is 12.8 Å². The minimum absolute atomic E-state index is 0.0278. The minimum atomic E-state index is -0.429. The summed E-state index contributed by atoms with van der Waals surface area (Å²) in [6.45, 7) is 3.38. The van der Waals surface area contributed by atoms with Crippen molar-refractivity contribution < 1.29 is 9.50 Å². The quantitative estimate of drug-likeness (QED) is 0.871. The molecule has 2 rings (SSSR count). The van der Waals surface area contributed by atoms with Gasteiger partial charge in [0.15, 0.2) is 11.6 Å². The second-order valence-corrected chi connectivity index (χ2v) is 4.77. The van der Waals surface area contributed by atoms with Crippen molar-refractivity contribution in [2.45, 2.75) is 38.6 Å². The van der Waals surface area contributed by atoms with Crippen LogP contribution in [0.4, 0.5) is 16.2 Å². The molecule has 0 saturated carbocycles. The van der Waals surface area contributed by atoms with Crippen LogP contribution in [0.5, 0.6) is 0 Å². The fraction of sp³-hybridized carbons (Fsp3) is 0.692. The van der Waals surface area contributed by atoms with Gasteiger partial charge >= 0.3 is 0 Å². The second-order valence-electron chi connectivity index (χ2n) is 4.77. The van der Waals surface area contributed by atoms with E-state index >= 15 is 0 Å². The monoisotopic (exact) mass is 268 g/mol. The van der Waals surface area contributed by atoms with Gasteiger partial charge in [-0.15, -0.1) is 0 Å². The molecule has 2 heterocycles. The van der Waals surface area contributed by atoms with Crippen molar-refractivity contribution in [2.24, 2.45) is 0 Å². The average Bonchev–Trinajstić information content (AvgIpc) is 2.66. The molecule has 1 fully saturated rings. The Morgan fingerprint density at radius 1 is 1.47 bits per heavy atom. The SMILES string of the molecule is CCNc1ncc(F)c(N2CCCCCC2CO)n1. The molecule has 1 atom stereocenters. The predicted molar refractivity (Wildman–Crippen MR) is 72.8 cm³/mol. The molecule has 0 aromatic carbocycles. The van der Waals surface area contributed by atoms with E-state index in [1.165, 1.54) is 6.20 Å². The molecule has 1 aliphatic rings. The molecule has 0 aliphatic carbocycles. The van der Waals surface area contributed by atoms with Gasteiger partial charge in [0.2, 0.25) is 5.95 Å². The Morgan fingerprint density at radius 3 is 3.05 bits per heavy atom. The Kier molecular flexibility index (Phi) is 4.90. The van der Waals surface area contributed by atoms with Crippen LogP contribution >= 0.6 is 0 Å².